The molecule has 0 aliphatic carbocycles. The Morgan fingerprint density at radius 2 is 2.06 bits per heavy atom. The van der Waals surface area contributed by atoms with E-state index in [2.05, 4.69) is 16.9 Å². The summed E-state index contributed by atoms with van der Waals surface area (Å²) in [6, 6.07) is 0. The van der Waals surface area contributed by atoms with Gasteiger partial charge in [-0.1, -0.05) is 12.2 Å². The highest BCUT2D eigenvalue weighted by atomic mass is 32.2. The van der Waals surface area contributed by atoms with Crippen LogP contribution in [0, 0.1) is 0 Å². The van der Waals surface area contributed by atoms with E-state index in [1.165, 1.54) is 0 Å². The van der Waals surface area contributed by atoms with Gasteiger partial charge in [-0.3, -0.25) is 0 Å². The number of rotatable bonds is 9. The second-order valence-electron chi connectivity index (χ2n) is 3.75. The first-order valence-corrected chi connectivity index (χ1v) is 7.27. The standard InChI is InChI=1S/C9H20N2O3S2/c1-8(2)14-6-4-3-5-11-16(12,13)7-9(10)15/h8,11H,3-7H2,1-2H3,(H2,10,15). The van der Waals surface area contributed by atoms with Crippen LogP contribution in [0.1, 0.15) is 26.7 Å². The summed E-state index contributed by atoms with van der Waals surface area (Å²) in [5.41, 5.74) is 5.16. The fourth-order valence-electron chi connectivity index (χ4n) is 1.01. The summed E-state index contributed by atoms with van der Waals surface area (Å²) in [6.45, 7) is 4.97. The molecule has 0 saturated heterocycles. The van der Waals surface area contributed by atoms with Crippen molar-refractivity contribution >= 4 is 27.2 Å². The van der Waals surface area contributed by atoms with Gasteiger partial charge >= 0.3 is 0 Å². The first-order valence-electron chi connectivity index (χ1n) is 5.21. The summed E-state index contributed by atoms with van der Waals surface area (Å²) in [4.78, 5) is -0.0179. The van der Waals surface area contributed by atoms with Crippen LogP contribution in [0.5, 0.6) is 0 Å². The molecule has 0 bridgehead atoms. The molecule has 7 heteroatoms. The lowest BCUT2D eigenvalue weighted by molar-refractivity contribution is 0.0762. The predicted octanol–water partition coefficient (Wildman–Crippen LogP) is 0.397. The van der Waals surface area contributed by atoms with Gasteiger partial charge in [-0.25, -0.2) is 13.1 Å². The first-order chi connectivity index (χ1) is 7.33. The summed E-state index contributed by atoms with van der Waals surface area (Å²) >= 11 is 4.53. The van der Waals surface area contributed by atoms with Crippen LogP contribution < -0.4 is 10.5 Å². The molecule has 0 radical (unpaired) electrons. The number of thiocarbonyl (C=S) groups is 1. The molecule has 0 rings (SSSR count). The fourth-order valence-corrected chi connectivity index (χ4v) is 2.41. The normalized spacial score (nSPS) is 11.9. The van der Waals surface area contributed by atoms with E-state index in [1.807, 2.05) is 13.8 Å². The van der Waals surface area contributed by atoms with Crippen LogP contribution in [0.3, 0.4) is 0 Å². The minimum absolute atomic E-state index is 0.0179. The van der Waals surface area contributed by atoms with Crippen molar-refractivity contribution in [2.24, 2.45) is 5.73 Å². The minimum Gasteiger partial charge on any atom is -0.392 e. The molecule has 5 nitrogen and oxygen atoms in total. The molecular weight excluding hydrogens is 248 g/mol. The molecule has 0 amide bonds. The van der Waals surface area contributed by atoms with Crippen LogP contribution in [-0.4, -0.2) is 38.4 Å². The molecule has 0 aromatic heterocycles. The first kappa shape index (κ1) is 15.8. The Bertz CT molecular complexity index is 302. The molecule has 96 valence electrons. The number of ether oxygens (including phenoxy) is 1. The van der Waals surface area contributed by atoms with Crippen molar-refractivity contribution in [3.63, 3.8) is 0 Å². The van der Waals surface area contributed by atoms with Gasteiger partial charge in [0.25, 0.3) is 0 Å². The van der Waals surface area contributed by atoms with Crippen LogP contribution in [0.4, 0.5) is 0 Å². The number of nitrogens with two attached hydrogens (primary N) is 1. The Morgan fingerprint density at radius 1 is 1.44 bits per heavy atom. The minimum atomic E-state index is -3.34. The fraction of sp³-hybridized carbons (Fsp3) is 0.889. The maximum Gasteiger partial charge on any atom is 0.218 e. The lowest BCUT2D eigenvalue weighted by Crippen LogP contribution is -2.33. The molecule has 0 heterocycles. The predicted molar refractivity (Wildman–Crippen MR) is 68.9 cm³/mol. The topological polar surface area (TPSA) is 81.4 Å². The van der Waals surface area contributed by atoms with Gasteiger partial charge < -0.3 is 10.5 Å². The third-order valence-corrected chi connectivity index (χ3v) is 3.34. The lowest BCUT2D eigenvalue weighted by Gasteiger charge is -2.08. The van der Waals surface area contributed by atoms with E-state index in [9.17, 15) is 8.42 Å². The monoisotopic (exact) mass is 268 g/mol. The molecule has 0 aliphatic rings. The van der Waals surface area contributed by atoms with Crippen molar-refractivity contribution in [1.82, 2.24) is 4.72 Å². The highest BCUT2D eigenvalue weighted by Crippen LogP contribution is 1.94. The van der Waals surface area contributed by atoms with Gasteiger partial charge in [0.1, 0.15) is 5.75 Å². The largest absolute Gasteiger partial charge is 0.392 e. The number of nitrogens with one attached hydrogen (secondary N) is 1. The van der Waals surface area contributed by atoms with E-state index >= 15 is 0 Å². The zero-order chi connectivity index (χ0) is 12.6. The van der Waals surface area contributed by atoms with Gasteiger partial charge in [-0.05, 0) is 26.7 Å². The molecule has 3 N–H and O–H groups in total. The van der Waals surface area contributed by atoms with Crippen LogP contribution in [0.25, 0.3) is 0 Å². The Hall–Kier alpha value is -0.240. The quantitative estimate of drug-likeness (QED) is 0.467. The van der Waals surface area contributed by atoms with Crippen LogP contribution >= 0.6 is 12.2 Å². The molecule has 0 saturated carbocycles. The van der Waals surface area contributed by atoms with Crippen molar-refractivity contribution in [2.75, 3.05) is 18.9 Å². The summed E-state index contributed by atoms with van der Waals surface area (Å²) in [5, 5.41) is 0. The Morgan fingerprint density at radius 3 is 2.56 bits per heavy atom. The van der Waals surface area contributed by atoms with Crippen LogP contribution in [0.2, 0.25) is 0 Å². The molecule has 0 aromatic rings. The summed E-state index contributed by atoms with van der Waals surface area (Å²) in [7, 11) is -3.34. The molecular formula is C9H20N2O3S2. The number of hydrogen-bond acceptors (Lipinski definition) is 4. The molecule has 16 heavy (non-hydrogen) atoms. The van der Waals surface area contributed by atoms with Gasteiger partial charge in [-0.15, -0.1) is 0 Å². The van der Waals surface area contributed by atoms with Gasteiger partial charge in [0.2, 0.25) is 10.0 Å². The highest BCUT2D eigenvalue weighted by molar-refractivity contribution is 7.92. The van der Waals surface area contributed by atoms with E-state index in [1.54, 1.807) is 0 Å². The molecule has 0 fully saturated rings. The van der Waals surface area contributed by atoms with E-state index in [-0.39, 0.29) is 16.8 Å². The van der Waals surface area contributed by atoms with Gasteiger partial charge in [-0.2, -0.15) is 0 Å². The van der Waals surface area contributed by atoms with Crippen molar-refractivity contribution in [2.45, 2.75) is 32.8 Å². The van der Waals surface area contributed by atoms with E-state index in [0.717, 1.165) is 12.8 Å². The van der Waals surface area contributed by atoms with Crippen LogP contribution in [0.15, 0.2) is 0 Å². The highest BCUT2D eigenvalue weighted by Gasteiger charge is 2.10. The molecule has 0 aromatic carbocycles. The van der Waals surface area contributed by atoms with Crippen molar-refractivity contribution < 1.29 is 13.2 Å². The third kappa shape index (κ3) is 10.3. The number of unbranched alkanes of at least 4 members (excludes halogenated alkanes) is 1. The van der Waals surface area contributed by atoms with Gasteiger partial charge in [0.15, 0.2) is 0 Å². The number of sulfonamides is 1. The SMILES string of the molecule is CC(C)OCCCCNS(=O)(=O)CC(N)=S. The zero-order valence-electron chi connectivity index (χ0n) is 9.73. The van der Waals surface area contributed by atoms with E-state index in [0.29, 0.717) is 13.2 Å². The van der Waals surface area contributed by atoms with E-state index < -0.39 is 10.0 Å². The summed E-state index contributed by atoms with van der Waals surface area (Å²) in [6.07, 6.45) is 1.78. The van der Waals surface area contributed by atoms with E-state index in [4.69, 9.17) is 10.5 Å². The van der Waals surface area contributed by atoms with Crippen molar-refractivity contribution in [3.8, 4) is 0 Å². The molecule has 0 spiro atoms. The Labute approximate surface area is 103 Å². The molecule has 0 atom stereocenters. The summed E-state index contributed by atoms with van der Waals surface area (Å²) in [5.74, 6) is -0.287. The number of hydrogen-bond donors (Lipinski definition) is 2. The van der Waals surface area contributed by atoms with Gasteiger partial charge in [0, 0.05) is 13.2 Å². The Balaban J connectivity index is 3.55. The average molecular weight is 268 g/mol. The van der Waals surface area contributed by atoms with Crippen molar-refractivity contribution in [3.05, 3.63) is 0 Å². The average Bonchev–Trinajstić information content (AvgIpc) is 2.08. The lowest BCUT2D eigenvalue weighted by atomic mass is 10.3. The second-order valence-corrected chi connectivity index (χ2v) is 6.08. The van der Waals surface area contributed by atoms with Crippen LogP contribution in [-0.2, 0) is 14.8 Å². The van der Waals surface area contributed by atoms with Gasteiger partial charge in [0.05, 0.1) is 11.1 Å². The maximum absolute atomic E-state index is 11.3. The third-order valence-electron chi connectivity index (χ3n) is 1.68. The smallest absolute Gasteiger partial charge is 0.218 e. The van der Waals surface area contributed by atoms with Crippen molar-refractivity contribution in [1.29, 1.82) is 0 Å². The Kier molecular flexibility index (Phi) is 7.82. The summed E-state index contributed by atoms with van der Waals surface area (Å²) < 4.78 is 30.3. The maximum atomic E-state index is 11.3. The molecule has 0 unspecified atom stereocenters. The second kappa shape index (κ2) is 7.94. The zero-order valence-corrected chi connectivity index (χ0v) is 11.4. The molecule has 0 aliphatic heterocycles.